The van der Waals surface area contributed by atoms with Crippen molar-refractivity contribution in [1.82, 2.24) is 15.1 Å². The zero-order valence-corrected chi connectivity index (χ0v) is 14.0. The van der Waals surface area contributed by atoms with Crippen LogP contribution in [0.15, 0.2) is 58.5 Å². The third-order valence-corrected chi connectivity index (χ3v) is 5.05. The van der Waals surface area contributed by atoms with Gasteiger partial charge in [-0.15, -0.1) is 0 Å². The molecule has 1 aromatic heterocycles. The Balaban J connectivity index is 2.11. The standard InChI is InChI=1S/C17H15N3O3S/c1-11(21)20-15-9-13(8-7-12(15)10-19-20)24(23)16-6-4-3-5-14(16)17(22)18-2/h3-10H,1-2H3,(H,18,22). The van der Waals surface area contributed by atoms with E-state index < -0.39 is 10.8 Å². The molecule has 1 atom stereocenters. The maximum absolute atomic E-state index is 13.0. The van der Waals surface area contributed by atoms with Gasteiger partial charge in [0, 0.05) is 24.3 Å². The van der Waals surface area contributed by atoms with Crippen molar-refractivity contribution in [2.24, 2.45) is 0 Å². The minimum absolute atomic E-state index is 0.223. The smallest absolute Gasteiger partial charge is 0.252 e. The van der Waals surface area contributed by atoms with Crippen LogP contribution in [-0.4, -0.2) is 32.9 Å². The summed E-state index contributed by atoms with van der Waals surface area (Å²) in [5.74, 6) is -0.521. The molecular formula is C17H15N3O3S. The zero-order valence-electron chi connectivity index (χ0n) is 13.1. The predicted molar refractivity (Wildman–Crippen MR) is 90.5 cm³/mol. The summed E-state index contributed by atoms with van der Waals surface area (Å²) in [4.78, 5) is 24.5. The van der Waals surface area contributed by atoms with Gasteiger partial charge in [-0.2, -0.15) is 5.10 Å². The Bertz CT molecular complexity index is 978. The number of hydrogen-bond acceptors (Lipinski definition) is 4. The van der Waals surface area contributed by atoms with Crippen molar-refractivity contribution in [3.8, 4) is 0 Å². The monoisotopic (exact) mass is 341 g/mol. The first-order valence-corrected chi connectivity index (χ1v) is 8.39. The molecule has 6 nitrogen and oxygen atoms in total. The van der Waals surface area contributed by atoms with Crippen molar-refractivity contribution in [2.75, 3.05) is 7.05 Å². The molecule has 0 aliphatic rings. The Morgan fingerprint density at radius 3 is 2.62 bits per heavy atom. The van der Waals surface area contributed by atoms with Crippen LogP contribution in [0.5, 0.6) is 0 Å². The number of fused-ring (bicyclic) bond motifs is 1. The molecule has 122 valence electrons. The molecule has 7 heteroatoms. The van der Waals surface area contributed by atoms with Crippen molar-refractivity contribution >= 4 is 33.5 Å². The number of carbonyl (C=O) groups is 2. The third kappa shape index (κ3) is 2.74. The fourth-order valence-electron chi connectivity index (χ4n) is 2.44. The van der Waals surface area contributed by atoms with Crippen molar-refractivity contribution in [2.45, 2.75) is 16.7 Å². The number of amides is 1. The summed E-state index contributed by atoms with van der Waals surface area (Å²) in [5, 5.41) is 7.36. The minimum Gasteiger partial charge on any atom is -0.355 e. The molecule has 1 unspecified atom stereocenters. The van der Waals surface area contributed by atoms with Crippen LogP contribution in [0.3, 0.4) is 0 Å². The SMILES string of the molecule is CNC(=O)c1ccccc1S(=O)c1ccc2cnn(C(C)=O)c2c1. The van der Waals surface area contributed by atoms with Gasteiger partial charge < -0.3 is 5.32 Å². The maximum atomic E-state index is 13.0. The molecule has 0 saturated carbocycles. The number of nitrogens with one attached hydrogen (secondary N) is 1. The third-order valence-electron chi connectivity index (χ3n) is 3.61. The molecule has 3 aromatic rings. The number of benzene rings is 2. The number of aromatic nitrogens is 2. The van der Waals surface area contributed by atoms with E-state index in [1.807, 2.05) is 0 Å². The maximum Gasteiger partial charge on any atom is 0.252 e. The van der Waals surface area contributed by atoms with Gasteiger partial charge in [0.15, 0.2) is 0 Å². The van der Waals surface area contributed by atoms with Gasteiger partial charge in [0.25, 0.3) is 5.91 Å². The Morgan fingerprint density at radius 2 is 1.92 bits per heavy atom. The van der Waals surface area contributed by atoms with Gasteiger partial charge in [0.2, 0.25) is 5.91 Å². The lowest BCUT2D eigenvalue weighted by molar-refractivity contribution is 0.0925. The van der Waals surface area contributed by atoms with Crippen molar-refractivity contribution in [3.63, 3.8) is 0 Å². The summed E-state index contributed by atoms with van der Waals surface area (Å²) in [5.41, 5.74) is 0.948. The second-order valence-electron chi connectivity index (χ2n) is 5.14. The van der Waals surface area contributed by atoms with Gasteiger partial charge >= 0.3 is 0 Å². The second kappa shape index (κ2) is 6.37. The largest absolute Gasteiger partial charge is 0.355 e. The van der Waals surface area contributed by atoms with Crippen LogP contribution in [0.25, 0.3) is 10.9 Å². The molecule has 0 radical (unpaired) electrons. The molecule has 0 fully saturated rings. The van der Waals surface area contributed by atoms with E-state index in [0.29, 0.717) is 20.9 Å². The topological polar surface area (TPSA) is 81.1 Å². The highest BCUT2D eigenvalue weighted by Crippen LogP contribution is 2.24. The highest BCUT2D eigenvalue weighted by atomic mass is 32.2. The van der Waals surface area contributed by atoms with Crippen LogP contribution in [0.4, 0.5) is 0 Å². The van der Waals surface area contributed by atoms with Crippen LogP contribution in [0.2, 0.25) is 0 Å². The summed E-state index contributed by atoms with van der Waals surface area (Å²) in [6.07, 6.45) is 1.59. The summed E-state index contributed by atoms with van der Waals surface area (Å²) in [6.45, 7) is 1.41. The summed E-state index contributed by atoms with van der Waals surface area (Å²) >= 11 is 0. The van der Waals surface area contributed by atoms with Gasteiger partial charge in [-0.3, -0.25) is 9.59 Å². The lowest BCUT2D eigenvalue weighted by Gasteiger charge is -2.08. The Labute approximate surface area is 140 Å². The fraction of sp³-hybridized carbons (Fsp3) is 0.118. The molecule has 1 heterocycles. The van der Waals surface area contributed by atoms with Crippen LogP contribution in [0, 0.1) is 0 Å². The van der Waals surface area contributed by atoms with E-state index in [4.69, 9.17) is 0 Å². The van der Waals surface area contributed by atoms with E-state index in [9.17, 15) is 13.8 Å². The molecule has 3 rings (SSSR count). The van der Waals surface area contributed by atoms with Crippen LogP contribution >= 0.6 is 0 Å². The molecule has 1 N–H and O–H groups in total. The number of carbonyl (C=O) groups excluding carboxylic acids is 2. The minimum atomic E-state index is -1.56. The molecule has 0 saturated heterocycles. The summed E-state index contributed by atoms with van der Waals surface area (Å²) in [7, 11) is -0.0281. The van der Waals surface area contributed by atoms with Crippen molar-refractivity contribution in [3.05, 3.63) is 54.2 Å². The van der Waals surface area contributed by atoms with E-state index in [1.165, 1.54) is 18.7 Å². The number of rotatable bonds is 3. The van der Waals surface area contributed by atoms with E-state index in [-0.39, 0.29) is 11.8 Å². The van der Waals surface area contributed by atoms with Crippen LogP contribution in [-0.2, 0) is 10.8 Å². The van der Waals surface area contributed by atoms with Crippen molar-refractivity contribution in [1.29, 1.82) is 0 Å². The highest BCUT2D eigenvalue weighted by Gasteiger charge is 2.17. The number of nitrogens with zero attached hydrogens (tertiary/aromatic N) is 2. The molecule has 0 bridgehead atoms. The van der Waals surface area contributed by atoms with Gasteiger partial charge in [-0.1, -0.05) is 12.1 Å². The summed E-state index contributed by atoms with van der Waals surface area (Å²) < 4.78 is 14.2. The zero-order chi connectivity index (χ0) is 17.3. The quantitative estimate of drug-likeness (QED) is 0.792. The molecule has 0 aliphatic carbocycles. The lowest BCUT2D eigenvalue weighted by atomic mass is 10.2. The first kappa shape index (κ1) is 16.1. The van der Waals surface area contributed by atoms with Gasteiger partial charge in [-0.05, 0) is 30.3 Å². The van der Waals surface area contributed by atoms with E-state index in [1.54, 1.807) is 48.7 Å². The molecule has 0 aliphatic heterocycles. The molecule has 0 spiro atoms. The highest BCUT2D eigenvalue weighted by molar-refractivity contribution is 7.85. The average Bonchev–Trinajstić information content (AvgIpc) is 3.03. The Kier molecular flexibility index (Phi) is 4.26. The average molecular weight is 341 g/mol. The van der Waals surface area contributed by atoms with Crippen LogP contribution < -0.4 is 5.32 Å². The lowest BCUT2D eigenvalue weighted by Crippen LogP contribution is -2.19. The fourth-order valence-corrected chi connectivity index (χ4v) is 3.67. The number of hydrogen-bond donors (Lipinski definition) is 1. The second-order valence-corrected chi connectivity index (χ2v) is 6.59. The molecule has 1 amide bonds. The molecule has 24 heavy (non-hydrogen) atoms. The normalized spacial score (nSPS) is 12.1. The molecule has 2 aromatic carbocycles. The van der Waals surface area contributed by atoms with E-state index in [2.05, 4.69) is 10.4 Å². The first-order valence-electron chi connectivity index (χ1n) is 7.24. The van der Waals surface area contributed by atoms with Gasteiger partial charge in [0.05, 0.1) is 33.0 Å². The Hall–Kier alpha value is -2.80. The molecular weight excluding hydrogens is 326 g/mol. The predicted octanol–water partition coefficient (Wildman–Crippen LogP) is 2.22. The van der Waals surface area contributed by atoms with E-state index in [0.717, 1.165) is 5.39 Å². The van der Waals surface area contributed by atoms with E-state index >= 15 is 0 Å². The van der Waals surface area contributed by atoms with Crippen LogP contribution in [0.1, 0.15) is 22.1 Å². The Morgan fingerprint density at radius 1 is 1.17 bits per heavy atom. The van der Waals surface area contributed by atoms with Gasteiger partial charge in [-0.25, -0.2) is 8.89 Å². The van der Waals surface area contributed by atoms with Gasteiger partial charge in [0.1, 0.15) is 0 Å². The summed E-state index contributed by atoms with van der Waals surface area (Å²) in [6, 6.07) is 11.9. The first-order chi connectivity index (χ1) is 11.5. The van der Waals surface area contributed by atoms with Crippen molar-refractivity contribution < 1.29 is 13.8 Å².